The second kappa shape index (κ2) is 9.33. The first kappa shape index (κ1) is 10.3. The number of unbranched alkanes of at least 4 members (excludes halogenated alkanes) is 2. The Morgan fingerprint density at radius 2 is 2.11 bits per heavy atom. The van der Waals surface area contributed by atoms with Gasteiger partial charge in [0.05, 0.1) is 15.8 Å². The van der Waals surface area contributed by atoms with E-state index in [1.54, 1.807) is 0 Å². The van der Waals surface area contributed by atoms with E-state index < -0.39 is 0 Å². The summed E-state index contributed by atoms with van der Waals surface area (Å²) in [5.41, 5.74) is 0. The molecule has 0 rings (SSSR count). The van der Waals surface area contributed by atoms with Crippen LogP contribution in [0, 0.1) is 0 Å². The standard InChI is InChI=1S/C5H10ClIOS/c6-4-2-1-3-5-8-9-7/h1-5H2. The molecule has 0 radical (unpaired) electrons. The lowest BCUT2D eigenvalue weighted by atomic mass is 10.3. The van der Waals surface area contributed by atoms with Crippen LogP contribution < -0.4 is 0 Å². The average Bonchev–Trinajstić information content (AvgIpc) is 1.89. The van der Waals surface area contributed by atoms with Crippen molar-refractivity contribution in [3.8, 4) is 0 Å². The van der Waals surface area contributed by atoms with Crippen molar-refractivity contribution in [3.63, 3.8) is 0 Å². The maximum absolute atomic E-state index is 5.47. The summed E-state index contributed by atoms with van der Waals surface area (Å²) in [5, 5.41) is 0. The molecule has 0 bridgehead atoms. The monoisotopic (exact) mass is 280 g/mol. The van der Waals surface area contributed by atoms with E-state index in [9.17, 15) is 0 Å². The van der Waals surface area contributed by atoms with E-state index >= 15 is 0 Å². The van der Waals surface area contributed by atoms with Gasteiger partial charge in [0, 0.05) is 27.1 Å². The largest absolute Gasteiger partial charge is 0.305 e. The molecule has 56 valence electrons. The van der Waals surface area contributed by atoms with Gasteiger partial charge in [-0.15, -0.1) is 11.6 Å². The minimum absolute atomic E-state index is 0.775. The molecule has 0 unspecified atom stereocenters. The first-order valence-corrected chi connectivity index (χ1v) is 6.70. The van der Waals surface area contributed by atoms with Gasteiger partial charge in [-0.3, -0.25) is 0 Å². The number of halogens is 2. The zero-order chi connectivity index (χ0) is 6.95. The van der Waals surface area contributed by atoms with Crippen molar-refractivity contribution in [1.82, 2.24) is 0 Å². The smallest absolute Gasteiger partial charge is 0.0650 e. The highest BCUT2D eigenvalue weighted by Crippen LogP contribution is 2.12. The molecule has 0 spiro atoms. The third-order valence-corrected chi connectivity index (χ3v) is 2.19. The Morgan fingerprint density at radius 3 is 2.67 bits per heavy atom. The van der Waals surface area contributed by atoms with Crippen molar-refractivity contribution < 1.29 is 4.18 Å². The van der Waals surface area contributed by atoms with E-state index in [1.165, 1.54) is 15.6 Å². The topological polar surface area (TPSA) is 9.23 Å². The molecule has 0 aromatic heterocycles. The number of hydrogen-bond donors (Lipinski definition) is 0. The van der Waals surface area contributed by atoms with Crippen LogP contribution in [0.5, 0.6) is 0 Å². The molecule has 0 amide bonds. The van der Waals surface area contributed by atoms with Gasteiger partial charge in [0.25, 0.3) is 0 Å². The molecule has 0 aliphatic rings. The molecule has 4 heteroatoms. The Labute approximate surface area is 77.7 Å². The molecular weight excluding hydrogens is 270 g/mol. The van der Waals surface area contributed by atoms with Crippen LogP contribution in [0.1, 0.15) is 19.3 Å². The maximum Gasteiger partial charge on any atom is 0.0650 e. The zero-order valence-electron chi connectivity index (χ0n) is 5.11. The highest BCUT2D eigenvalue weighted by molar-refractivity contribution is 14.2. The lowest BCUT2D eigenvalue weighted by molar-refractivity contribution is 0.364. The highest BCUT2D eigenvalue weighted by atomic mass is 127. The third kappa shape index (κ3) is 9.33. The predicted octanol–water partition coefficient (Wildman–Crippen LogP) is 3.41. The van der Waals surface area contributed by atoms with Crippen molar-refractivity contribution in [2.24, 2.45) is 0 Å². The zero-order valence-corrected chi connectivity index (χ0v) is 8.84. The summed E-state index contributed by atoms with van der Waals surface area (Å²) in [4.78, 5) is 0. The molecule has 1 nitrogen and oxygen atoms in total. The lowest BCUT2D eigenvalue weighted by Crippen LogP contribution is -1.85. The summed E-state index contributed by atoms with van der Waals surface area (Å²) >= 11 is 7.58. The quantitative estimate of drug-likeness (QED) is 0.319. The molecular formula is C5H10ClIOS. The Kier molecular flexibility index (Phi) is 10.7. The van der Waals surface area contributed by atoms with Crippen LogP contribution in [-0.2, 0) is 4.18 Å². The Hall–Kier alpha value is 1.33. The van der Waals surface area contributed by atoms with Crippen LogP contribution in [0.15, 0.2) is 0 Å². The Morgan fingerprint density at radius 1 is 1.33 bits per heavy atom. The lowest BCUT2D eigenvalue weighted by Gasteiger charge is -1.95. The minimum atomic E-state index is 0.775. The van der Waals surface area contributed by atoms with E-state index in [4.69, 9.17) is 15.8 Å². The van der Waals surface area contributed by atoms with Gasteiger partial charge < -0.3 is 4.18 Å². The van der Waals surface area contributed by atoms with Crippen LogP contribution in [0.25, 0.3) is 0 Å². The van der Waals surface area contributed by atoms with Crippen molar-refractivity contribution in [3.05, 3.63) is 0 Å². The summed E-state index contributed by atoms with van der Waals surface area (Å²) in [6, 6.07) is 0. The number of rotatable bonds is 6. The summed E-state index contributed by atoms with van der Waals surface area (Å²) in [6.45, 7) is 0.852. The van der Waals surface area contributed by atoms with Gasteiger partial charge >= 0.3 is 0 Å². The summed E-state index contributed by atoms with van der Waals surface area (Å²) in [7, 11) is 1.40. The number of alkyl halides is 1. The van der Waals surface area contributed by atoms with Gasteiger partial charge in [-0.05, 0) is 19.3 Å². The van der Waals surface area contributed by atoms with Gasteiger partial charge in [0.15, 0.2) is 0 Å². The molecule has 0 saturated heterocycles. The van der Waals surface area contributed by atoms with Crippen molar-refractivity contribution in [1.29, 1.82) is 0 Å². The second-order valence-electron chi connectivity index (χ2n) is 1.63. The average molecular weight is 281 g/mol. The fourth-order valence-corrected chi connectivity index (χ4v) is 1.37. The first-order chi connectivity index (χ1) is 4.41. The molecule has 0 aliphatic carbocycles. The summed E-state index contributed by atoms with van der Waals surface area (Å²) in [6.07, 6.45) is 3.42. The second-order valence-corrected chi connectivity index (χ2v) is 3.45. The van der Waals surface area contributed by atoms with E-state index in [0.29, 0.717) is 0 Å². The molecule has 0 saturated carbocycles. The van der Waals surface area contributed by atoms with Crippen LogP contribution in [0.2, 0.25) is 0 Å². The van der Waals surface area contributed by atoms with E-state index in [-0.39, 0.29) is 0 Å². The van der Waals surface area contributed by atoms with E-state index in [1.807, 2.05) is 0 Å². The molecule has 9 heavy (non-hydrogen) atoms. The van der Waals surface area contributed by atoms with Gasteiger partial charge in [-0.1, -0.05) is 0 Å². The first-order valence-electron chi connectivity index (χ1n) is 2.88. The van der Waals surface area contributed by atoms with E-state index in [2.05, 4.69) is 21.2 Å². The van der Waals surface area contributed by atoms with Gasteiger partial charge in [0.1, 0.15) is 0 Å². The van der Waals surface area contributed by atoms with Crippen molar-refractivity contribution in [2.45, 2.75) is 19.3 Å². The van der Waals surface area contributed by atoms with Crippen LogP contribution in [0.4, 0.5) is 0 Å². The minimum Gasteiger partial charge on any atom is -0.305 e. The van der Waals surface area contributed by atoms with Crippen LogP contribution >= 0.6 is 42.0 Å². The Balaban J connectivity index is 2.60. The number of hydrogen-bond acceptors (Lipinski definition) is 2. The fraction of sp³-hybridized carbons (Fsp3) is 1.00. The van der Waals surface area contributed by atoms with Crippen molar-refractivity contribution >= 4 is 42.0 Å². The highest BCUT2D eigenvalue weighted by Gasteiger charge is 1.87. The molecule has 0 aromatic carbocycles. The fourth-order valence-electron chi connectivity index (χ4n) is 0.464. The SMILES string of the molecule is ClCCCCCOSI. The molecule has 0 atom stereocenters. The molecule has 0 N–H and O–H groups in total. The maximum atomic E-state index is 5.47. The normalized spacial score (nSPS) is 10.0. The third-order valence-electron chi connectivity index (χ3n) is 0.906. The molecule has 0 fully saturated rings. The van der Waals surface area contributed by atoms with Gasteiger partial charge in [-0.2, -0.15) is 0 Å². The van der Waals surface area contributed by atoms with E-state index in [0.717, 1.165) is 25.3 Å². The van der Waals surface area contributed by atoms with Crippen LogP contribution in [-0.4, -0.2) is 12.5 Å². The Bertz CT molecular complexity index is 50.2. The van der Waals surface area contributed by atoms with Gasteiger partial charge in [-0.25, -0.2) is 0 Å². The summed E-state index contributed by atoms with van der Waals surface area (Å²) < 4.78 is 5.04. The predicted molar refractivity (Wildman–Crippen MR) is 52.1 cm³/mol. The van der Waals surface area contributed by atoms with Gasteiger partial charge in [0.2, 0.25) is 0 Å². The molecule has 0 heterocycles. The van der Waals surface area contributed by atoms with Crippen molar-refractivity contribution in [2.75, 3.05) is 12.5 Å². The summed E-state index contributed by atoms with van der Waals surface area (Å²) in [5.74, 6) is 0.775. The molecule has 0 aliphatic heterocycles. The van der Waals surface area contributed by atoms with Crippen LogP contribution in [0.3, 0.4) is 0 Å². The molecule has 0 aromatic rings.